The van der Waals surface area contributed by atoms with Gasteiger partial charge in [-0.1, -0.05) is 24.3 Å². The van der Waals surface area contributed by atoms with Crippen LogP contribution in [0.25, 0.3) is 0 Å². The molecular weight excluding hydrogens is 164 g/mol. The van der Waals surface area contributed by atoms with E-state index in [1.165, 1.54) is 0 Å². The molecule has 1 aliphatic heterocycles. The Morgan fingerprint density at radius 2 is 1.85 bits per heavy atom. The monoisotopic (exact) mass is 174 g/mol. The van der Waals surface area contributed by atoms with Crippen LogP contribution in [-0.4, -0.2) is 11.4 Å². The number of ketones is 1. The van der Waals surface area contributed by atoms with Gasteiger partial charge < -0.3 is 4.74 Å². The summed E-state index contributed by atoms with van der Waals surface area (Å²) in [5.41, 5.74) is 0.957. The summed E-state index contributed by atoms with van der Waals surface area (Å²) in [5, 5.41) is 0. The largest absolute Gasteiger partial charge is 0.349 e. The van der Waals surface area contributed by atoms with E-state index in [0.717, 1.165) is 11.1 Å². The van der Waals surface area contributed by atoms with Gasteiger partial charge in [-0.15, -0.1) is 0 Å². The van der Waals surface area contributed by atoms with Crippen molar-refractivity contribution in [2.24, 2.45) is 0 Å². The Labute approximate surface area is 76.5 Å². The molecule has 3 rings (SSSR count). The summed E-state index contributed by atoms with van der Waals surface area (Å²) < 4.78 is 5.52. The minimum absolute atomic E-state index is 0.130. The Morgan fingerprint density at radius 1 is 1.15 bits per heavy atom. The normalized spacial score (nSPS) is 40.0. The molecule has 0 N–H and O–H groups in total. The molecule has 13 heavy (non-hydrogen) atoms. The third-order valence-corrected chi connectivity index (χ3v) is 3.40. The molecule has 2 aliphatic rings. The van der Waals surface area contributed by atoms with Gasteiger partial charge >= 0.3 is 0 Å². The van der Waals surface area contributed by atoms with E-state index in [0.29, 0.717) is 0 Å². The van der Waals surface area contributed by atoms with Crippen LogP contribution in [0, 0.1) is 0 Å². The van der Waals surface area contributed by atoms with E-state index < -0.39 is 5.60 Å². The molecular formula is C11H10O2. The second-order valence-corrected chi connectivity index (χ2v) is 4.04. The van der Waals surface area contributed by atoms with Gasteiger partial charge in [0, 0.05) is 5.56 Å². The van der Waals surface area contributed by atoms with Crippen molar-refractivity contribution in [3.05, 3.63) is 35.4 Å². The zero-order valence-electron chi connectivity index (χ0n) is 7.63. The highest BCUT2D eigenvalue weighted by atomic mass is 16.6. The lowest BCUT2D eigenvalue weighted by molar-refractivity contribution is 0.0885. The number of benzene rings is 1. The van der Waals surface area contributed by atoms with Crippen molar-refractivity contribution in [3.63, 3.8) is 0 Å². The van der Waals surface area contributed by atoms with Crippen molar-refractivity contribution in [3.8, 4) is 0 Å². The Morgan fingerprint density at radius 3 is 2.54 bits per heavy atom. The van der Waals surface area contributed by atoms with E-state index in [-0.39, 0.29) is 11.4 Å². The SMILES string of the molecule is CC12OC1(C)c1ccccc1C2=O. The van der Waals surface area contributed by atoms with Crippen LogP contribution >= 0.6 is 0 Å². The molecule has 2 atom stereocenters. The smallest absolute Gasteiger partial charge is 0.198 e. The van der Waals surface area contributed by atoms with Gasteiger partial charge in [-0.25, -0.2) is 0 Å². The molecule has 1 heterocycles. The van der Waals surface area contributed by atoms with Gasteiger partial charge in [-0.2, -0.15) is 0 Å². The van der Waals surface area contributed by atoms with Crippen LogP contribution in [0.2, 0.25) is 0 Å². The molecule has 2 nitrogen and oxygen atoms in total. The number of rotatable bonds is 0. The third kappa shape index (κ3) is 0.563. The van der Waals surface area contributed by atoms with Crippen LogP contribution in [-0.2, 0) is 10.3 Å². The average Bonchev–Trinajstić information content (AvgIpc) is 2.66. The van der Waals surface area contributed by atoms with Gasteiger partial charge in [0.05, 0.1) is 0 Å². The number of fused-ring (bicyclic) bond motifs is 3. The maximum Gasteiger partial charge on any atom is 0.198 e. The summed E-state index contributed by atoms with van der Waals surface area (Å²) in [6, 6.07) is 7.70. The molecule has 0 radical (unpaired) electrons. The number of Topliss-reactive ketones (excluding diaryl/α,β-unsaturated/α-hetero) is 1. The Hall–Kier alpha value is -1.15. The molecule has 0 spiro atoms. The van der Waals surface area contributed by atoms with Gasteiger partial charge in [0.1, 0.15) is 5.60 Å². The lowest BCUT2D eigenvalue weighted by Crippen LogP contribution is -2.19. The molecule has 2 unspecified atom stereocenters. The summed E-state index contributed by atoms with van der Waals surface area (Å²) in [6.45, 7) is 3.85. The third-order valence-electron chi connectivity index (χ3n) is 3.40. The number of carbonyl (C=O) groups is 1. The van der Waals surface area contributed by atoms with E-state index >= 15 is 0 Å². The second-order valence-electron chi connectivity index (χ2n) is 4.04. The maximum absolute atomic E-state index is 11.8. The first-order chi connectivity index (χ1) is 6.09. The number of epoxide rings is 1. The fourth-order valence-corrected chi connectivity index (χ4v) is 2.31. The van der Waals surface area contributed by atoms with Crippen molar-refractivity contribution in [1.82, 2.24) is 0 Å². The Kier molecular flexibility index (Phi) is 0.954. The molecule has 1 fully saturated rings. The molecule has 1 saturated heterocycles. The van der Waals surface area contributed by atoms with E-state index in [1.807, 2.05) is 38.1 Å². The molecule has 0 amide bonds. The van der Waals surface area contributed by atoms with Crippen LogP contribution in [0.15, 0.2) is 24.3 Å². The summed E-state index contributed by atoms with van der Waals surface area (Å²) in [6.07, 6.45) is 0. The Balaban J connectivity index is 2.33. The number of hydrogen-bond acceptors (Lipinski definition) is 2. The predicted octanol–water partition coefficient (Wildman–Crippen LogP) is 1.89. The molecule has 0 bridgehead atoms. The highest BCUT2D eigenvalue weighted by Crippen LogP contribution is 2.62. The summed E-state index contributed by atoms with van der Waals surface area (Å²) >= 11 is 0. The van der Waals surface area contributed by atoms with Crippen LogP contribution in [0.4, 0.5) is 0 Å². The van der Waals surface area contributed by atoms with E-state index in [1.54, 1.807) is 0 Å². The van der Waals surface area contributed by atoms with Crippen molar-refractivity contribution >= 4 is 5.78 Å². The first kappa shape index (κ1) is 7.27. The van der Waals surface area contributed by atoms with Crippen LogP contribution in [0.5, 0.6) is 0 Å². The lowest BCUT2D eigenvalue weighted by Gasteiger charge is -2.03. The van der Waals surface area contributed by atoms with Crippen LogP contribution in [0.3, 0.4) is 0 Å². The average molecular weight is 174 g/mol. The molecule has 0 aromatic heterocycles. The van der Waals surface area contributed by atoms with E-state index in [2.05, 4.69) is 0 Å². The van der Waals surface area contributed by atoms with Crippen LogP contribution < -0.4 is 0 Å². The van der Waals surface area contributed by atoms with Gasteiger partial charge in [0.25, 0.3) is 0 Å². The van der Waals surface area contributed by atoms with Crippen molar-refractivity contribution in [1.29, 1.82) is 0 Å². The molecule has 1 aromatic carbocycles. The van der Waals surface area contributed by atoms with Gasteiger partial charge in [-0.3, -0.25) is 4.79 Å². The van der Waals surface area contributed by atoms with Crippen molar-refractivity contribution < 1.29 is 9.53 Å². The molecule has 1 aliphatic carbocycles. The predicted molar refractivity (Wildman–Crippen MR) is 47.6 cm³/mol. The highest BCUT2D eigenvalue weighted by molar-refractivity contribution is 6.10. The van der Waals surface area contributed by atoms with Crippen molar-refractivity contribution in [2.75, 3.05) is 0 Å². The topological polar surface area (TPSA) is 29.6 Å². The summed E-state index contributed by atoms with van der Waals surface area (Å²) in [4.78, 5) is 11.8. The lowest BCUT2D eigenvalue weighted by atomic mass is 9.96. The summed E-state index contributed by atoms with van der Waals surface area (Å²) in [7, 11) is 0. The zero-order chi connectivity index (χ0) is 9.27. The minimum Gasteiger partial charge on any atom is -0.349 e. The van der Waals surface area contributed by atoms with E-state index in [9.17, 15) is 4.79 Å². The summed E-state index contributed by atoms with van der Waals surface area (Å²) in [5.74, 6) is 0.130. The molecule has 2 heteroatoms. The Bertz CT molecular complexity index is 424. The highest BCUT2D eigenvalue weighted by Gasteiger charge is 2.74. The first-order valence-corrected chi connectivity index (χ1v) is 4.44. The minimum atomic E-state index is -0.573. The molecule has 66 valence electrons. The van der Waals surface area contributed by atoms with Gasteiger partial charge in [0.2, 0.25) is 0 Å². The number of carbonyl (C=O) groups excluding carboxylic acids is 1. The van der Waals surface area contributed by atoms with E-state index in [4.69, 9.17) is 4.74 Å². The van der Waals surface area contributed by atoms with Gasteiger partial charge in [-0.05, 0) is 19.4 Å². The van der Waals surface area contributed by atoms with Gasteiger partial charge in [0.15, 0.2) is 11.4 Å². The quantitative estimate of drug-likeness (QED) is 0.562. The van der Waals surface area contributed by atoms with Crippen molar-refractivity contribution in [2.45, 2.75) is 25.0 Å². The molecule has 0 saturated carbocycles. The standard InChI is InChI=1S/C11H10O2/c1-10-8-6-4-3-5-7(8)9(12)11(10,2)13-10/h3-6H,1-2H3. The zero-order valence-corrected chi connectivity index (χ0v) is 7.63. The van der Waals surface area contributed by atoms with Crippen LogP contribution in [0.1, 0.15) is 29.8 Å². The fourth-order valence-electron chi connectivity index (χ4n) is 2.31. The molecule has 1 aromatic rings. The maximum atomic E-state index is 11.8. The first-order valence-electron chi connectivity index (χ1n) is 4.44. The second kappa shape index (κ2) is 1.70. The number of hydrogen-bond donors (Lipinski definition) is 0. The number of ether oxygens (including phenoxy) is 1. The fraction of sp³-hybridized carbons (Fsp3) is 0.364.